The van der Waals surface area contributed by atoms with Gasteiger partial charge in [0.25, 0.3) is 0 Å². The van der Waals surface area contributed by atoms with Crippen LogP contribution in [0.5, 0.6) is 0 Å². The molecular formula is C12H16N2OS. The maximum atomic E-state index is 5.50. The maximum Gasteiger partial charge on any atom is 0.208 e. The Kier molecular flexibility index (Phi) is 4.13. The predicted molar refractivity (Wildman–Crippen MR) is 65.6 cm³/mol. The van der Waals surface area contributed by atoms with Gasteiger partial charge in [-0.15, -0.1) is 11.3 Å². The molecule has 0 saturated carbocycles. The van der Waals surface area contributed by atoms with Crippen LogP contribution in [0, 0.1) is 0 Å². The summed E-state index contributed by atoms with van der Waals surface area (Å²) in [7, 11) is 0. The Bertz CT molecular complexity index is 408. The summed E-state index contributed by atoms with van der Waals surface area (Å²) in [5.41, 5.74) is 0. The van der Waals surface area contributed by atoms with Crippen molar-refractivity contribution in [3.8, 4) is 0 Å². The third-order valence-corrected chi connectivity index (χ3v) is 3.29. The van der Waals surface area contributed by atoms with Gasteiger partial charge in [0.15, 0.2) is 0 Å². The number of aryl methyl sites for hydroxylation is 1. The molecule has 0 amide bonds. The van der Waals surface area contributed by atoms with Crippen LogP contribution in [0.1, 0.15) is 23.5 Å². The Hall–Kier alpha value is -1.13. The highest BCUT2D eigenvalue weighted by Gasteiger charge is 2.01. The molecule has 2 heterocycles. The van der Waals surface area contributed by atoms with Crippen LogP contribution >= 0.6 is 11.3 Å². The predicted octanol–water partition coefficient (Wildman–Crippen LogP) is 2.63. The van der Waals surface area contributed by atoms with E-state index < -0.39 is 0 Å². The molecule has 4 heteroatoms. The first kappa shape index (κ1) is 11.4. The minimum atomic E-state index is 0.714. The van der Waals surface area contributed by atoms with Crippen LogP contribution in [0.3, 0.4) is 0 Å². The third kappa shape index (κ3) is 3.18. The Morgan fingerprint density at radius 3 is 3.12 bits per heavy atom. The molecule has 0 fully saturated rings. The maximum absolute atomic E-state index is 5.50. The molecule has 1 N–H and O–H groups in total. The standard InChI is InChI=1S/C12H16N2OS/c1-2-10-8-14-12(15-10)9-13-6-5-11-4-3-7-16-11/h3-4,7-8,13H,2,5-6,9H2,1H3. The Labute approximate surface area is 99.5 Å². The second kappa shape index (κ2) is 5.82. The van der Waals surface area contributed by atoms with E-state index >= 15 is 0 Å². The number of rotatable bonds is 6. The van der Waals surface area contributed by atoms with Gasteiger partial charge in [-0.1, -0.05) is 13.0 Å². The van der Waals surface area contributed by atoms with Gasteiger partial charge in [0.05, 0.1) is 12.7 Å². The molecule has 0 atom stereocenters. The van der Waals surface area contributed by atoms with Gasteiger partial charge in [-0.05, 0) is 17.9 Å². The van der Waals surface area contributed by atoms with E-state index in [0.717, 1.165) is 31.0 Å². The molecule has 0 aliphatic carbocycles. The van der Waals surface area contributed by atoms with E-state index in [2.05, 4.69) is 34.7 Å². The SMILES string of the molecule is CCc1cnc(CNCCc2cccs2)o1. The molecule has 0 aromatic carbocycles. The molecule has 16 heavy (non-hydrogen) atoms. The zero-order valence-corrected chi connectivity index (χ0v) is 10.2. The lowest BCUT2D eigenvalue weighted by Gasteiger charge is -1.99. The fourth-order valence-corrected chi connectivity index (χ4v) is 2.16. The second-order valence-electron chi connectivity index (χ2n) is 3.58. The summed E-state index contributed by atoms with van der Waals surface area (Å²) in [6, 6.07) is 4.24. The number of thiophene rings is 1. The first-order valence-electron chi connectivity index (χ1n) is 5.55. The van der Waals surface area contributed by atoms with Gasteiger partial charge in [0, 0.05) is 17.8 Å². The summed E-state index contributed by atoms with van der Waals surface area (Å²) in [5, 5.41) is 5.44. The highest BCUT2D eigenvalue weighted by molar-refractivity contribution is 7.09. The van der Waals surface area contributed by atoms with Gasteiger partial charge in [0.1, 0.15) is 5.76 Å². The molecule has 86 valence electrons. The van der Waals surface area contributed by atoms with Crippen LogP contribution in [0.25, 0.3) is 0 Å². The molecule has 0 unspecified atom stereocenters. The van der Waals surface area contributed by atoms with Gasteiger partial charge >= 0.3 is 0 Å². The van der Waals surface area contributed by atoms with Crippen LogP contribution < -0.4 is 5.32 Å². The van der Waals surface area contributed by atoms with Crippen molar-refractivity contribution in [3.05, 3.63) is 40.2 Å². The van der Waals surface area contributed by atoms with Crippen molar-refractivity contribution in [3.63, 3.8) is 0 Å². The molecule has 0 radical (unpaired) electrons. The number of hydrogen-bond acceptors (Lipinski definition) is 4. The van der Waals surface area contributed by atoms with Crippen LogP contribution in [-0.2, 0) is 19.4 Å². The monoisotopic (exact) mass is 236 g/mol. The molecule has 2 rings (SSSR count). The van der Waals surface area contributed by atoms with Crippen LogP contribution in [-0.4, -0.2) is 11.5 Å². The first-order valence-corrected chi connectivity index (χ1v) is 6.43. The molecular weight excluding hydrogens is 220 g/mol. The molecule has 2 aromatic heterocycles. The zero-order valence-electron chi connectivity index (χ0n) is 9.40. The molecule has 0 spiro atoms. The van der Waals surface area contributed by atoms with Gasteiger partial charge in [-0.3, -0.25) is 0 Å². The third-order valence-electron chi connectivity index (χ3n) is 2.35. The van der Waals surface area contributed by atoms with Crippen molar-refractivity contribution < 1.29 is 4.42 Å². The molecule has 2 aromatic rings. The van der Waals surface area contributed by atoms with E-state index in [1.165, 1.54) is 4.88 Å². The average molecular weight is 236 g/mol. The average Bonchev–Trinajstić information content (AvgIpc) is 2.95. The lowest BCUT2D eigenvalue weighted by Crippen LogP contribution is -2.16. The summed E-state index contributed by atoms with van der Waals surface area (Å²) in [4.78, 5) is 5.61. The van der Waals surface area contributed by atoms with Crippen molar-refractivity contribution in [2.75, 3.05) is 6.54 Å². The van der Waals surface area contributed by atoms with E-state index in [1.807, 2.05) is 0 Å². The summed E-state index contributed by atoms with van der Waals surface area (Å²) in [5.74, 6) is 1.73. The zero-order chi connectivity index (χ0) is 11.2. The fraction of sp³-hybridized carbons (Fsp3) is 0.417. The van der Waals surface area contributed by atoms with Crippen molar-refractivity contribution in [1.29, 1.82) is 0 Å². The van der Waals surface area contributed by atoms with E-state index in [4.69, 9.17) is 4.42 Å². The van der Waals surface area contributed by atoms with Crippen molar-refractivity contribution in [1.82, 2.24) is 10.3 Å². The number of aromatic nitrogens is 1. The van der Waals surface area contributed by atoms with Gasteiger partial charge in [-0.2, -0.15) is 0 Å². The van der Waals surface area contributed by atoms with Crippen LogP contribution in [0.2, 0.25) is 0 Å². The highest BCUT2D eigenvalue weighted by Crippen LogP contribution is 2.08. The van der Waals surface area contributed by atoms with Crippen LogP contribution in [0.15, 0.2) is 28.1 Å². The lowest BCUT2D eigenvalue weighted by molar-refractivity contribution is 0.440. The summed E-state index contributed by atoms with van der Waals surface area (Å²) >= 11 is 1.80. The van der Waals surface area contributed by atoms with Crippen LogP contribution in [0.4, 0.5) is 0 Å². The smallest absolute Gasteiger partial charge is 0.208 e. The topological polar surface area (TPSA) is 38.1 Å². The fourth-order valence-electron chi connectivity index (χ4n) is 1.45. The number of nitrogens with one attached hydrogen (secondary N) is 1. The van der Waals surface area contributed by atoms with Crippen molar-refractivity contribution in [2.45, 2.75) is 26.3 Å². The number of hydrogen-bond donors (Lipinski definition) is 1. The molecule has 0 saturated heterocycles. The summed E-state index contributed by atoms with van der Waals surface area (Å²) in [6.07, 6.45) is 3.78. The van der Waals surface area contributed by atoms with Crippen molar-refractivity contribution >= 4 is 11.3 Å². The van der Waals surface area contributed by atoms with E-state index in [0.29, 0.717) is 6.54 Å². The quantitative estimate of drug-likeness (QED) is 0.783. The van der Waals surface area contributed by atoms with Crippen molar-refractivity contribution in [2.24, 2.45) is 0 Å². The van der Waals surface area contributed by atoms with E-state index in [-0.39, 0.29) is 0 Å². The molecule has 3 nitrogen and oxygen atoms in total. The highest BCUT2D eigenvalue weighted by atomic mass is 32.1. The Balaban J connectivity index is 1.68. The van der Waals surface area contributed by atoms with Gasteiger partial charge < -0.3 is 9.73 Å². The molecule has 0 aliphatic heterocycles. The van der Waals surface area contributed by atoms with E-state index in [1.54, 1.807) is 17.5 Å². The van der Waals surface area contributed by atoms with Gasteiger partial charge in [-0.25, -0.2) is 4.98 Å². The second-order valence-corrected chi connectivity index (χ2v) is 4.61. The normalized spacial score (nSPS) is 10.8. The summed E-state index contributed by atoms with van der Waals surface area (Å²) < 4.78 is 5.50. The summed E-state index contributed by atoms with van der Waals surface area (Å²) in [6.45, 7) is 3.74. The minimum absolute atomic E-state index is 0.714. The minimum Gasteiger partial charge on any atom is -0.444 e. The first-order chi connectivity index (χ1) is 7.88. The molecule has 0 aliphatic rings. The Morgan fingerprint density at radius 2 is 2.44 bits per heavy atom. The van der Waals surface area contributed by atoms with E-state index in [9.17, 15) is 0 Å². The number of nitrogens with zero attached hydrogens (tertiary/aromatic N) is 1. The largest absolute Gasteiger partial charge is 0.444 e. The lowest BCUT2D eigenvalue weighted by atomic mass is 10.3. The molecule has 0 bridgehead atoms. The van der Waals surface area contributed by atoms with Gasteiger partial charge in [0.2, 0.25) is 5.89 Å². The number of oxazole rings is 1. The Morgan fingerprint density at radius 1 is 1.50 bits per heavy atom.